The Hall–Kier alpha value is -3.06. The minimum Gasteiger partial charge on any atom is -0.481 e. The molecule has 0 bridgehead atoms. The van der Waals surface area contributed by atoms with Gasteiger partial charge >= 0.3 is 23.9 Å². The quantitative estimate of drug-likeness (QED) is 0.0500. The normalized spacial score (nSPS) is 48.8. The number of hydrogen-bond donors (Lipinski definition) is 13. The first-order chi connectivity index (χ1) is 37.2. The number of aliphatic hydroxyl groups excluding tert-OH is 11. The standard InChI is InChI=1S/C55H86O25/c1-49(2)15-16-55(25(17-49)24-9-10-29-51(4)13-12-31(57)54(7,47(69)70)30(51)11-14-52(29,5)53(24,6)18-32(55)58)48(71)80-46-42(68)43(79-45-41(67)38(64)35(61)26(21-56)76-45)37(63)28(78-46)23-75-44-40(66)39(65)36(62)27(77-44)22-74-34(60)20-50(3,72)19-33(59)73-8/h9,25-32,35-46,56-58,61-68,72H,10-23H2,1-8H3,(H,69,70). The Morgan fingerprint density at radius 2 is 1.26 bits per heavy atom. The molecule has 456 valence electrons. The average Bonchev–Trinajstić information content (AvgIpc) is 3.58. The first-order valence-corrected chi connectivity index (χ1v) is 27.9. The van der Waals surface area contributed by atoms with Crippen LogP contribution >= 0.6 is 0 Å². The number of fused-ring (bicyclic) bond motifs is 7. The predicted molar refractivity (Wildman–Crippen MR) is 269 cm³/mol. The molecule has 0 aromatic heterocycles. The van der Waals surface area contributed by atoms with E-state index in [4.69, 9.17) is 33.2 Å². The molecule has 0 spiro atoms. The van der Waals surface area contributed by atoms with Crippen molar-refractivity contribution in [2.45, 2.75) is 229 Å². The second-order valence-corrected chi connectivity index (χ2v) is 26.3. The van der Waals surface area contributed by atoms with E-state index < -0.39 is 199 Å². The third-order valence-corrected chi connectivity index (χ3v) is 20.9. The molecule has 26 unspecified atom stereocenters. The summed E-state index contributed by atoms with van der Waals surface area (Å²) < 4.78 is 45.1. The van der Waals surface area contributed by atoms with Crippen LogP contribution in [0.4, 0.5) is 0 Å². The minimum atomic E-state index is -2.14. The van der Waals surface area contributed by atoms with Gasteiger partial charge in [0.15, 0.2) is 12.6 Å². The number of ether oxygens (including phenoxy) is 8. The van der Waals surface area contributed by atoms with Gasteiger partial charge in [-0.15, -0.1) is 0 Å². The molecule has 4 saturated carbocycles. The molecule has 3 heterocycles. The van der Waals surface area contributed by atoms with E-state index in [1.807, 2.05) is 0 Å². The summed E-state index contributed by atoms with van der Waals surface area (Å²) in [5.41, 5.74) is -6.03. The number of methoxy groups -OCH3 is 1. The first-order valence-electron chi connectivity index (χ1n) is 27.9. The first kappa shape index (κ1) is 63.0. The molecule has 3 aliphatic heterocycles. The lowest BCUT2D eigenvalue weighted by molar-refractivity contribution is -0.363. The fourth-order valence-electron chi connectivity index (χ4n) is 15.9. The number of allylic oxidation sites excluding steroid dienone is 2. The fourth-order valence-corrected chi connectivity index (χ4v) is 15.9. The fraction of sp³-hybridized carbons (Fsp3) is 0.891. The van der Waals surface area contributed by atoms with E-state index in [1.54, 1.807) is 6.92 Å². The predicted octanol–water partition coefficient (Wildman–Crippen LogP) is -1.57. The zero-order valence-corrected chi connectivity index (χ0v) is 46.7. The Labute approximate surface area is 464 Å². The highest BCUT2D eigenvalue weighted by atomic mass is 16.8. The van der Waals surface area contributed by atoms with E-state index in [0.29, 0.717) is 44.9 Å². The van der Waals surface area contributed by atoms with Crippen LogP contribution in [-0.2, 0) is 57.1 Å². The van der Waals surface area contributed by atoms with E-state index in [9.17, 15) is 80.8 Å². The van der Waals surface area contributed by atoms with Crippen LogP contribution in [0.1, 0.15) is 119 Å². The minimum absolute atomic E-state index is 0.0556. The molecule has 8 aliphatic rings. The Bertz CT molecular complexity index is 2310. The third-order valence-electron chi connectivity index (χ3n) is 20.9. The number of hydrogen-bond acceptors (Lipinski definition) is 24. The topological polar surface area (TPSA) is 405 Å². The smallest absolute Gasteiger partial charge is 0.317 e. The lowest BCUT2D eigenvalue weighted by Gasteiger charge is -2.71. The summed E-state index contributed by atoms with van der Waals surface area (Å²) in [5.74, 6) is -4.88. The van der Waals surface area contributed by atoms with Crippen molar-refractivity contribution in [3.8, 4) is 0 Å². The van der Waals surface area contributed by atoms with Gasteiger partial charge in [0.05, 0.1) is 56.4 Å². The highest BCUT2D eigenvalue weighted by Gasteiger charge is 2.73. The van der Waals surface area contributed by atoms with Crippen LogP contribution < -0.4 is 0 Å². The molecule has 0 radical (unpaired) electrons. The molecule has 0 aromatic carbocycles. The Kier molecular flexibility index (Phi) is 17.9. The number of aliphatic hydroxyl groups is 12. The number of carbonyl (C=O) groups excluding carboxylic acids is 3. The number of carboxylic acid groups (broad SMARTS) is 1. The zero-order valence-electron chi connectivity index (χ0n) is 46.7. The van der Waals surface area contributed by atoms with Gasteiger partial charge in [-0.2, -0.15) is 0 Å². The molecule has 25 nitrogen and oxygen atoms in total. The molecular weight excluding hydrogens is 1060 g/mol. The van der Waals surface area contributed by atoms with E-state index in [2.05, 4.69) is 45.4 Å². The van der Waals surface area contributed by atoms with Crippen LogP contribution in [0, 0.1) is 50.2 Å². The van der Waals surface area contributed by atoms with Crippen LogP contribution in [-0.4, -0.2) is 227 Å². The second kappa shape index (κ2) is 22.7. The summed E-state index contributed by atoms with van der Waals surface area (Å²) in [6.45, 7) is 11.0. The Morgan fingerprint density at radius 3 is 1.90 bits per heavy atom. The number of aliphatic carboxylic acids is 1. The van der Waals surface area contributed by atoms with Crippen LogP contribution in [0.2, 0.25) is 0 Å². The van der Waals surface area contributed by atoms with E-state index in [1.165, 1.54) is 6.92 Å². The SMILES string of the molecule is COC(=O)CC(C)(O)CC(=O)OCC1OC(OCC2OC(OC(=O)C34CCC(C)(C)CC3C3=CCC5C6(C)CCC(O)C(C)(C(=O)O)C6CCC5(C)C3(C)CC4O)C(O)C(OC3OC(CO)C(O)C(O)C3O)C2O)C(O)C(O)C1O. The van der Waals surface area contributed by atoms with Crippen LogP contribution in [0.25, 0.3) is 0 Å². The van der Waals surface area contributed by atoms with Gasteiger partial charge in [0.1, 0.15) is 85.3 Å². The van der Waals surface area contributed by atoms with Crippen LogP contribution in [0.15, 0.2) is 11.6 Å². The molecule has 13 N–H and O–H groups in total. The molecule has 8 rings (SSSR count). The van der Waals surface area contributed by atoms with Gasteiger partial charge in [-0.3, -0.25) is 19.2 Å². The van der Waals surface area contributed by atoms with Crippen molar-refractivity contribution in [3.05, 3.63) is 11.6 Å². The van der Waals surface area contributed by atoms with Gasteiger partial charge in [-0.25, -0.2) is 0 Å². The van der Waals surface area contributed by atoms with Crippen molar-refractivity contribution in [3.63, 3.8) is 0 Å². The molecular formula is C55H86O25. The Morgan fingerprint density at radius 1 is 0.662 bits per heavy atom. The van der Waals surface area contributed by atoms with Crippen molar-refractivity contribution >= 4 is 23.9 Å². The van der Waals surface area contributed by atoms with Gasteiger partial charge in [0.2, 0.25) is 6.29 Å². The molecule has 7 fully saturated rings. The van der Waals surface area contributed by atoms with Crippen molar-refractivity contribution in [2.75, 3.05) is 26.9 Å². The molecule has 25 heteroatoms. The second-order valence-electron chi connectivity index (χ2n) is 26.3. The zero-order chi connectivity index (χ0) is 59.2. The molecule has 80 heavy (non-hydrogen) atoms. The maximum absolute atomic E-state index is 15.5. The Balaban J connectivity index is 1.07. The summed E-state index contributed by atoms with van der Waals surface area (Å²) in [6.07, 6.45) is -26.4. The molecule has 26 atom stereocenters. The van der Waals surface area contributed by atoms with Gasteiger partial charge in [-0.1, -0.05) is 46.3 Å². The van der Waals surface area contributed by atoms with Gasteiger partial charge in [-0.05, 0) is 111 Å². The molecule has 5 aliphatic carbocycles. The largest absolute Gasteiger partial charge is 0.481 e. The maximum Gasteiger partial charge on any atom is 0.317 e. The van der Waals surface area contributed by atoms with Crippen LogP contribution in [0.5, 0.6) is 0 Å². The van der Waals surface area contributed by atoms with E-state index >= 15 is 4.79 Å². The maximum atomic E-state index is 15.5. The third kappa shape index (κ3) is 10.7. The number of carboxylic acids is 1. The molecule has 0 amide bonds. The van der Waals surface area contributed by atoms with Gasteiger partial charge in [0, 0.05) is 0 Å². The lowest BCUT2D eigenvalue weighted by Crippen LogP contribution is -2.69. The number of rotatable bonds is 15. The summed E-state index contributed by atoms with van der Waals surface area (Å²) in [7, 11) is 1.09. The summed E-state index contributed by atoms with van der Waals surface area (Å²) in [4.78, 5) is 52.9. The number of esters is 3. The summed E-state index contributed by atoms with van der Waals surface area (Å²) >= 11 is 0. The van der Waals surface area contributed by atoms with Crippen LogP contribution in [0.3, 0.4) is 0 Å². The summed E-state index contributed by atoms with van der Waals surface area (Å²) in [6, 6.07) is 0. The van der Waals surface area contributed by atoms with Crippen molar-refractivity contribution in [1.82, 2.24) is 0 Å². The molecule has 3 saturated heterocycles. The average molecular weight is 1150 g/mol. The van der Waals surface area contributed by atoms with Crippen molar-refractivity contribution < 1.29 is 123 Å². The lowest BCUT2D eigenvalue weighted by atomic mass is 9.33. The van der Waals surface area contributed by atoms with Gasteiger partial charge in [0.25, 0.3) is 0 Å². The number of carbonyl (C=O) groups is 4. The van der Waals surface area contributed by atoms with E-state index in [-0.39, 0.29) is 30.1 Å². The highest BCUT2D eigenvalue weighted by Crippen LogP contribution is 2.76. The van der Waals surface area contributed by atoms with Crippen molar-refractivity contribution in [2.24, 2.45) is 50.2 Å². The van der Waals surface area contributed by atoms with Crippen molar-refractivity contribution in [1.29, 1.82) is 0 Å². The summed E-state index contributed by atoms with van der Waals surface area (Å²) in [5, 5.41) is 144. The monoisotopic (exact) mass is 1150 g/mol. The van der Waals surface area contributed by atoms with Gasteiger partial charge < -0.3 is 104 Å². The highest BCUT2D eigenvalue weighted by molar-refractivity contribution is 5.80. The van der Waals surface area contributed by atoms with E-state index in [0.717, 1.165) is 12.7 Å². The molecule has 0 aromatic rings.